The van der Waals surface area contributed by atoms with Gasteiger partial charge in [-0.2, -0.15) is 0 Å². The smallest absolute Gasteiger partial charge is 0.141 e. The third-order valence-electron chi connectivity index (χ3n) is 6.23. The molecule has 0 fully saturated rings. The summed E-state index contributed by atoms with van der Waals surface area (Å²) in [6, 6.07) is 17.6. The van der Waals surface area contributed by atoms with Gasteiger partial charge in [-0.25, -0.2) is 9.97 Å². The Kier molecular flexibility index (Phi) is 7.59. The van der Waals surface area contributed by atoms with E-state index in [4.69, 9.17) is 0 Å². The minimum absolute atomic E-state index is 0.276. The number of hydrogen-bond donors (Lipinski definition) is 1. The Morgan fingerprint density at radius 3 is 2.68 bits per heavy atom. The van der Waals surface area contributed by atoms with Gasteiger partial charge in [-0.15, -0.1) is 0 Å². The van der Waals surface area contributed by atoms with Crippen LogP contribution in [-0.4, -0.2) is 16.5 Å². The normalized spacial score (nSPS) is 15.9. The maximum atomic E-state index is 4.65. The largest absolute Gasteiger partial charge is 0.365 e. The first-order valence-electron chi connectivity index (χ1n) is 11.8. The summed E-state index contributed by atoms with van der Waals surface area (Å²) in [5.74, 6) is 1.82. The molecule has 0 radical (unpaired) electrons. The van der Waals surface area contributed by atoms with E-state index in [1.54, 1.807) is 6.33 Å². The molecule has 0 saturated heterocycles. The van der Waals surface area contributed by atoms with Gasteiger partial charge < -0.3 is 10.2 Å². The average molecular weight is 469 g/mol. The number of rotatable bonds is 7. The second-order valence-corrected chi connectivity index (χ2v) is 9.35. The molecule has 1 aromatic heterocycles. The summed E-state index contributed by atoms with van der Waals surface area (Å²) < 4.78 is 0. The summed E-state index contributed by atoms with van der Waals surface area (Å²) in [7, 11) is 2.85. The van der Waals surface area contributed by atoms with Crippen molar-refractivity contribution in [1.82, 2.24) is 9.97 Å². The zero-order valence-corrected chi connectivity index (χ0v) is 21.4. The third kappa shape index (κ3) is 5.29. The van der Waals surface area contributed by atoms with Crippen LogP contribution in [0.15, 0.2) is 85.2 Å². The van der Waals surface area contributed by atoms with E-state index in [2.05, 4.69) is 110 Å². The molecular formula is C29H33N4P. The summed E-state index contributed by atoms with van der Waals surface area (Å²) in [5, 5.41) is 4.51. The Morgan fingerprint density at radius 1 is 1.18 bits per heavy atom. The highest BCUT2D eigenvalue weighted by molar-refractivity contribution is 7.28. The van der Waals surface area contributed by atoms with E-state index in [0.29, 0.717) is 6.54 Å². The molecule has 0 saturated carbocycles. The quantitative estimate of drug-likeness (QED) is 0.329. The molecule has 0 aliphatic carbocycles. The highest BCUT2D eigenvalue weighted by Crippen LogP contribution is 2.32. The van der Waals surface area contributed by atoms with Crippen molar-refractivity contribution in [1.29, 1.82) is 0 Å². The van der Waals surface area contributed by atoms with Crippen molar-refractivity contribution in [3.63, 3.8) is 0 Å². The van der Waals surface area contributed by atoms with Crippen LogP contribution in [0.1, 0.15) is 49.1 Å². The van der Waals surface area contributed by atoms with Gasteiger partial charge in [0.25, 0.3) is 0 Å². The van der Waals surface area contributed by atoms with Crippen molar-refractivity contribution in [2.24, 2.45) is 0 Å². The fourth-order valence-corrected chi connectivity index (χ4v) is 4.91. The monoisotopic (exact) mass is 468 g/mol. The molecule has 3 aromatic rings. The van der Waals surface area contributed by atoms with Gasteiger partial charge in [-0.1, -0.05) is 88.2 Å². The molecule has 2 unspecified atom stereocenters. The van der Waals surface area contributed by atoms with Gasteiger partial charge in [0.05, 0.1) is 11.3 Å². The highest BCUT2D eigenvalue weighted by Gasteiger charge is 2.26. The Balaban J connectivity index is 1.49. The van der Waals surface area contributed by atoms with Crippen LogP contribution >= 0.6 is 9.24 Å². The lowest BCUT2D eigenvalue weighted by atomic mass is 9.94. The molecule has 0 amide bonds. The molecular weight excluding hydrogens is 435 g/mol. The Hall–Kier alpha value is -3.23. The number of aromatic nitrogens is 2. The lowest BCUT2D eigenvalue weighted by molar-refractivity contribution is 0.618. The number of nitrogens with zero attached hydrogens (tertiary/aromatic N) is 3. The SMILES string of the molecule is C=C(C)/C=C(\C=C/C)c1ccc(CNc2ncnc(N3CCc4ccccc4C3C)c2P)cc1. The fraction of sp³-hybridized carbons (Fsp3) is 0.241. The minimum Gasteiger partial charge on any atom is -0.365 e. The topological polar surface area (TPSA) is 41.1 Å². The maximum absolute atomic E-state index is 4.65. The molecule has 5 heteroatoms. The molecule has 1 aliphatic heterocycles. The summed E-state index contributed by atoms with van der Waals surface area (Å²) in [6.07, 6.45) is 8.96. The van der Waals surface area contributed by atoms with Crippen molar-refractivity contribution < 1.29 is 0 Å². The van der Waals surface area contributed by atoms with E-state index < -0.39 is 0 Å². The lowest BCUT2D eigenvalue weighted by Crippen LogP contribution is -2.37. The Morgan fingerprint density at radius 2 is 1.94 bits per heavy atom. The number of allylic oxidation sites excluding steroid dienone is 5. The first kappa shape index (κ1) is 23.9. The van der Waals surface area contributed by atoms with Crippen molar-refractivity contribution in [2.45, 2.75) is 39.8 Å². The third-order valence-corrected chi connectivity index (χ3v) is 6.76. The molecule has 174 valence electrons. The summed E-state index contributed by atoms with van der Waals surface area (Å²) >= 11 is 0. The number of anilines is 2. The first-order chi connectivity index (χ1) is 16.5. The molecule has 2 heterocycles. The van der Waals surface area contributed by atoms with E-state index in [0.717, 1.165) is 35.5 Å². The van der Waals surface area contributed by atoms with Crippen LogP contribution in [0.5, 0.6) is 0 Å². The summed E-state index contributed by atoms with van der Waals surface area (Å²) in [5.41, 5.74) is 7.40. The molecule has 4 rings (SSSR count). The van der Waals surface area contributed by atoms with E-state index >= 15 is 0 Å². The van der Waals surface area contributed by atoms with E-state index in [1.807, 2.05) is 13.8 Å². The van der Waals surface area contributed by atoms with Gasteiger partial charge in [0.1, 0.15) is 18.0 Å². The molecule has 0 bridgehead atoms. The minimum atomic E-state index is 0.276. The standard InChI is InChI=1S/C29H33N4P/c1-5-8-25(17-20(2)3)23-13-11-22(12-14-23)18-30-28-27(34)29(32-19-31-28)33-16-15-24-9-6-7-10-26(24)21(33)4/h5-14,17,19,21H,2,15-16,18,34H2,1,3-4H3,(H,30,31,32)/b8-5-,25-17+. The van der Waals surface area contributed by atoms with E-state index in [9.17, 15) is 0 Å². The maximum Gasteiger partial charge on any atom is 0.141 e. The van der Waals surface area contributed by atoms with Crippen molar-refractivity contribution >= 4 is 31.8 Å². The van der Waals surface area contributed by atoms with Crippen LogP contribution in [0.2, 0.25) is 0 Å². The van der Waals surface area contributed by atoms with Gasteiger partial charge in [-0.05, 0) is 55.0 Å². The predicted molar refractivity (Wildman–Crippen MR) is 149 cm³/mol. The zero-order chi connectivity index (χ0) is 24.1. The predicted octanol–water partition coefficient (Wildman–Crippen LogP) is 6.25. The molecule has 1 aliphatic rings. The lowest BCUT2D eigenvalue weighted by Gasteiger charge is -2.37. The van der Waals surface area contributed by atoms with Crippen LogP contribution in [0.3, 0.4) is 0 Å². The van der Waals surface area contributed by atoms with Crippen LogP contribution in [0, 0.1) is 0 Å². The van der Waals surface area contributed by atoms with Gasteiger partial charge in [0.15, 0.2) is 0 Å². The van der Waals surface area contributed by atoms with Crippen LogP contribution < -0.4 is 15.5 Å². The molecule has 2 aromatic carbocycles. The van der Waals surface area contributed by atoms with E-state index in [-0.39, 0.29) is 6.04 Å². The van der Waals surface area contributed by atoms with Gasteiger partial charge in [0.2, 0.25) is 0 Å². The van der Waals surface area contributed by atoms with Crippen molar-refractivity contribution in [2.75, 3.05) is 16.8 Å². The highest BCUT2D eigenvalue weighted by atomic mass is 31.0. The first-order valence-corrected chi connectivity index (χ1v) is 12.3. The molecule has 2 atom stereocenters. The number of fused-ring (bicyclic) bond motifs is 1. The van der Waals surface area contributed by atoms with Crippen molar-refractivity contribution in [3.8, 4) is 0 Å². The van der Waals surface area contributed by atoms with Crippen molar-refractivity contribution in [3.05, 3.63) is 107 Å². The second kappa shape index (κ2) is 10.8. The number of benzene rings is 2. The summed E-state index contributed by atoms with van der Waals surface area (Å²) in [6.45, 7) is 12.0. The Labute approximate surface area is 205 Å². The molecule has 4 nitrogen and oxygen atoms in total. The second-order valence-electron chi connectivity index (χ2n) is 8.77. The number of nitrogens with one attached hydrogen (secondary N) is 1. The fourth-order valence-electron chi connectivity index (χ4n) is 4.49. The average Bonchev–Trinajstić information content (AvgIpc) is 2.84. The van der Waals surface area contributed by atoms with Gasteiger partial charge >= 0.3 is 0 Å². The zero-order valence-electron chi connectivity index (χ0n) is 20.3. The van der Waals surface area contributed by atoms with Crippen LogP contribution in [0.25, 0.3) is 5.57 Å². The molecule has 34 heavy (non-hydrogen) atoms. The Bertz CT molecular complexity index is 1230. The number of hydrogen-bond acceptors (Lipinski definition) is 4. The molecule has 1 N–H and O–H groups in total. The van der Waals surface area contributed by atoms with Crippen LogP contribution in [0.4, 0.5) is 11.6 Å². The van der Waals surface area contributed by atoms with E-state index in [1.165, 1.54) is 27.8 Å². The summed E-state index contributed by atoms with van der Waals surface area (Å²) in [4.78, 5) is 11.5. The van der Waals surface area contributed by atoms with Crippen LogP contribution in [-0.2, 0) is 13.0 Å². The van der Waals surface area contributed by atoms with Gasteiger partial charge in [-0.3, -0.25) is 0 Å². The van der Waals surface area contributed by atoms with Gasteiger partial charge in [0, 0.05) is 13.1 Å². The molecule has 0 spiro atoms.